The summed E-state index contributed by atoms with van der Waals surface area (Å²) in [5, 5.41) is 3.14. The molecule has 3 N–H and O–H groups in total. The highest BCUT2D eigenvalue weighted by atomic mass is 16.3. The predicted molar refractivity (Wildman–Crippen MR) is 81.7 cm³/mol. The monoisotopic (exact) mass is 284 g/mol. The third-order valence-corrected chi connectivity index (χ3v) is 4.00. The molecule has 110 valence electrons. The van der Waals surface area contributed by atoms with Gasteiger partial charge in [-0.15, -0.1) is 0 Å². The standard InChI is InChI=1S/C17H20N2O2/c18-13-6-8-15-12(11-13)3-1-5-16(15)19-17(20)9-7-14-4-2-10-21-14/h2,4,6,8,10-11,16H,1,3,5,7,9,18H2,(H,19,20). The molecule has 0 saturated heterocycles. The maximum absolute atomic E-state index is 12.1. The average Bonchev–Trinajstić information content (AvgIpc) is 2.98. The van der Waals surface area contributed by atoms with Crippen LogP contribution in [0.5, 0.6) is 0 Å². The Bertz CT molecular complexity index is 620. The van der Waals surface area contributed by atoms with Gasteiger partial charge in [-0.1, -0.05) is 6.07 Å². The van der Waals surface area contributed by atoms with Crippen molar-refractivity contribution in [2.75, 3.05) is 5.73 Å². The first-order valence-electron chi connectivity index (χ1n) is 7.42. The Morgan fingerprint density at radius 3 is 3.10 bits per heavy atom. The normalized spacial score (nSPS) is 17.2. The summed E-state index contributed by atoms with van der Waals surface area (Å²) in [5.41, 5.74) is 9.09. The summed E-state index contributed by atoms with van der Waals surface area (Å²) in [4.78, 5) is 12.1. The largest absolute Gasteiger partial charge is 0.469 e. The van der Waals surface area contributed by atoms with Gasteiger partial charge in [0, 0.05) is 18.5 Å². The highest BCUT2D eigenvalue weighted by Crippen LogP contribution is 2.31. The summed E-state index contributed by atoms with van der Waals surface area (Å²) in [6.45, 7) is 0. The summed E-state index contributed by atoms with van der Waals surface area (Å²) in [5.74, 6) is 0.919. The Balaban J connectivity index is 1.62. The van der Waals surface area contributed by atoms with Crippen LogP contribution >= 0.6 is 0 Å². The molecule has 1 aliphatic carbocycles. The Hall–Kier alpha value is -2.23. The number of hydrogen-bond acceptors (Lipinski definition) is 3. The van der Waals surface area contributed by atoms with Gasteiger partial charge >= 0.3 is 0 Å². The van der Waals surface area contributed by atoms with Gasteiger partial charge in [0.25, 0.3) is 0 Å². The summed E-state index contributed by atoms with van der Waals surface area (Å²) in [6, 6.07) is 9.82. The van der Waals surface area contributed by atoms with E-state index in [1.807, 2.05) is 30.3 Å². The molecule has 1 aromatic heterocycles. The predicted octanol–water partition coefficient (Wildman–Crippen LogP) is 2.99. The molecule has 3 rings (SSSR count). The van der Waals surface area contributed by atoms with Gasteiger partial charge in [-0.3, -0.25) is 4.79 Å². The zero-order chi connectivity index (χ0) is 14.7. The number of fused-ring (bicyclic) bond motifs is 1. The van der Waals surface area contributed by atoms with Gasteiger partial charge in [0.1, 0.15) is 5.76 Å². The molecule has 1 amide bonds. The molecular formula is C17H20N2O2. The SMILES string of the molecule is Nc1ccc2c(c1)CCCC2NC(=O)CCc1ccco1. The lowest BCUT2D eigenvalue weighted by atomic mass is 9.87. The zero-order valence-electron chi connectivity index (χ0n) is 12.0. The number of furan rings is 1. The van der Waals surface area contributed by atoms with Gasteiger partial charge < -0.3 is 15.5 Å². The zero-order valence-corrected chi connectivity index (χ0v) is 12.0. The molecule has 0 aliphatic heterocycles. The van der Waals surface area contributed by atoms with Gasteiger partial charge in [0.05, 0.1) is 12.3 Å². The number of anilines is 1. The molecule has 0 bridgehead atoms. The summed E-state index contributed by atoms with van der Waals surface area (Å²) >= 11 is 0. The van der Waals surface area contributed by atoms with Crippen LogP contribution in [0.2, 0.25) is 0 Å². The van der Waals surface area contributed by atoms with E-state index in [1.54, 1.807) is 6.26 Å². The number of nitrogens with two attached hydrogens (primary N) is 1. The lowest BCUT2D eigenvalue weighted by molar-refractivity contribution is -0.122. The minimum Gasteiger partial charge on any atom is -0.469 e. The van der Waals surface area contributed by atoms with Crippen molar-refractivity contribution in [3.63, 3.8) is 0 Å². The maximum Gasteiger partial charge on any atom is 0.220 e. The van der Waals surface area contributed by atoms with Crippen LogP contribution in [0.3, 0.4) is 0 Å². The van der Waals surface area contributed by atoms with Crippen LogP contribution in [-0.4, -0.2) is 5.91 Å². The highest BCUT2D eigenvalue weighted by Gasteiger charge is 2.21. The Kier molecular flexibility index (Phi) is 3.95. The van der Waals surface area contributed by atoms with Crippen LogP contribution in [0, 0.1) is 0 Å². The van der Waals surface area contributed by atoms with Gasteiger partial charge in [-0.05, 0) is 54.7 Å². The first-order valence-corrected chi connectivity index (χ1v) is 7.42. The average molecular weight is 284 g/mol. The van der Waals surface area contributed by atoms with Gasteiger partial charge in [-0.2, -0.15) is 0 Å². The third-order valence-electron chi connectivity index (χ3n) is 4.00. The quantitative estimate of drug-likeness (QED) is 0.848. The van der Waals surface area contributed by atoms with Crippen LogP contribution < -0.4 is 11.1 Å². The summed E-state index contributed by atoms with van der Waals surface area (Å²) in [7, 11) is 0. The van der Waals surface area contributed by atoms with Crippen molar-refractivity contribution in [2.45, 2.75) is 38.1 Å². The van der Waals surface area contributed by atoms with Crippen LogP contribution in [0.25, 0.3) is 0 Å². The number of benzene rings is 1. The number of nitrogens with one attached hydrogen (secondary N) is 1. The highest BCUT2D eigenvalue weighted by molar-refractivity contribution is 5.76. The molecule has 1 aliphatic rings. The topological polar surface area (TPSA) is 68.3 Å². The van der Waals surface area contributed by atoms with Crippen molar-refractivity contribution in [2.24, 2.45) is 0 Å². The smallest absolute Gasteiger partial charge is 0.220 e. The van der Waals surface area contributed by atoms with Crippen LogP contribution in [-0.2, 0) is 17.6 Å². The molecule has 0 radical (unpaired) electrons. The van der Waals surface area contributed by atoms with E-state index in [0.717, 1.165) is 30.7 Å². The second kappa shape index (κ2) is 6.04. The molecule has 1 aromatic carbocycles. The number of carbonyl (C=O) groups is 1. The molecule has 4 heteroatoms. The van der Waals surface area contributed by atoms with E-state index in [2.05, 4.69) is 5.32 Å². The Labute approximate surface area is 124 Å². The van der Waals surface area contributed by atoms with E-state index in [4.69, 9.17) is 10.2 Å². The van der Waals surface area contributed by atoms with Crippen LogP contribution in [0.15, 0.2) is 41.0 Å². The number of nitrogen functional groups attached to an aromatic ring is 1. The van der Waals surface area contributed by atoms with Crippen molar-refractivity contribution in [3.8, 4) is 0 Å². The van der Waals surface area contributed by atoms with Crippen molar-refractivity contribution in [1.29, 1.82) is 0 Å². The Morgan fingerprint density at radius 1 is 1.38 bits per heavy atom. The Morgan fingerprint density at radius 2 is 2.29 bits per heavy atom. The molecule has 1 unspecified atom stereocenters. The van der Waals surface area contributed by atoms with Crippen molar-refractivity contribution in [1.82, 2.24) is 5.32 Å². The lowest BCUT2D eigenvalue weighted by Gasteiger charge is -2.26. The minimum absolute atomic E-state index is 0.0704. The van der Waals surface area contributed by atoms with Crippen LogP contribution in [0.4, 0.5) is 5.69 Å². The minimum atomic E-state index is 0.0704. The van der Waals surface area contributed by atoms with Gasteiger partial charge in [0.15, 0.2) is 0 Å². The number of amides is 1. The molecule has 0 spiro atoms. The molecule has 4 nitrogen and oxygen atoms in total. The molecule has 1 atom stereocenters. The molecular weight excluding hydrogens is 264 g/mol. The van der Waals surface area contributed by atoms with Crippen molar-refractivity contribution < 1.29 is 9.21 Å². The van der Waals surface area contributed by atoms with Crippen molar-refractivity contribution >= 4 is 11.6 Å². The second-order valence-electron chi connectivity index (χ2n) is 5.55. The fraction of sp³-hybridized carbons (Fsp3) is 0.353. The molecule has 0 fully saturated rings. The number of carbonyl (C=O) groups excluding carboxylic acids is 1. The first-order chi connectivity index (χ1) is 10.2. The maximum atomic E-state index is 12.1. The fourth-order valence-corrected chi connectivity index (χ4v) is 2.94. The van der Waals surface area contributed by atoms with E-state index in [0.29, 0.717) is 12.8 Å². The summed E-state index contributed by atoms with van der Waals surface area (Å²) in [6.07, 6.45) is 5.84. The third kappa shape index (κ3) is 3.27. The summed E-state index contributed by atoms with van der Waals surface area (Å²) < 4.78 is 5.25. The molecule has 21 heavy (non-hydrogen) atoms. The van der Waals surface area contributed by atoms with Gasteiger partial charge in [-0.25, -0.2) is 0 Å². The number of hydrogen-bond donors (Lipinski definition) is 2. The number of rotatable bonds is 4. The molecule has 2 aromatic rings. The van der Waals surface area contributed by atoms with Gasteiger partial charge in [0.2, 0.25) is 5.91 Å². The molecule has 0 saturated carbocycles. The van der Waals surface area contributed by atoms with E-state index in [9.17, 15) is 4.79 Å². The fourth-order valence-electron chi connectivity index (χ4n) is 2.94. The van der Waals surface area contributed by atoms with E-state index in [1.165, 1.54) is 11.1 Å². The van der Waals surface area contributed by atoms with E-state index < -0.39 is 0 Å². The molecule has 1 heterocycles. The van der Waals surface area contributed by atoms with Crippen molar-refractivity contribution in [3.05, 3.63) is 53.5 Å². The second-order valence-corrected chi connectivity index (χ2v) is 5.55. The van der Waals surface area contributed by atoms with Crippen LogP contribution in [0.1, 0.15) is 42.2 Å². The lowest BCUT2D eigenvalue weighted by Crippen LogP contribution is -2.31. The van der Waals surface area contributed by atoms with E-state index >= 15 is 0 Å². The van der Waals surface area contributed by atoms with E-state index in [-0.39, 0.29) is 11.9 Å². The first kappa shape index (κ1) is 13.7. The number of aryl methyl sites for hydroxylation is 2.